The molecule has 2 aromatic rings. The largest absolute Gasteiger partial charge is 0.430 e. The van der Waals surface area contributed by atoms with E-state index in [4.69, 9.17) is 0 Å². The molecule has 178 valence electrons. The third kappa shape index (κ3) is 4.88. The van der Waals surface area contributed by atoms with Gasteiger partial charge in [-0.3, -0.25) is 4.31 Å². The van der Waals surface area contributed by atoms with Gasteiger partial charge in [0.25, 0.3) is 15.6 Å². The van der Waals surface area contributed by atoms with Crippen LogP contribution in [-0.2, 0) is 22.0 Å². The van der Waals surface area contributed by atoms with Crippen LogP contribution < -0.4 is 4.31 Å². The summed E-state index contributed by atoms with van der Waals surface area (Å²) in [6, 6.07) is 8.57. The van der Waals surface area contributed by atoms with Gasteiger partial charge >= 0.3 is 12.4 Å². The number of aliphatic hydroxyl groups is 1. The Morgan fingerprint density at radius 1 is 0.844 bits per heavy atom. The van der Waals surface area contributed by atoms with Crippen molar-refractivity contribution >= 4 is 15.7 Å². The first-order valence-electron chi connectivity index (χ1n) is 9.78. The van der Waals surface area contributed by atoms with E-state index in [-0.39, 0.29) is 17.1 Å². The molecule has 11 heteroatoms. The van der Waals surface area contributed by atoms with Crippen molar-refractivity contribution in [1.29, 1.82) is 0 Å². The van der Waals surface area contributed by atoms with Gasteiger partial charge in [0.15, 0.2) is 0 Å². The van der Waals surface area contributed by atoms with Gasteiger partial charge in [-0.15, -0.1) is 0 Å². The van der Waals surface area contributed by atoms with Crippen LogP contribution in [0.15, 0.2) is 53.4 Å². The molecule has 0 spiro atoms. The molecule has 0 aromatic heterocycles. The molecule has 0 aliphatic heterocycles. The summed E-state index contributed by atoms with van der Waals surface area (Å²) in [6.45, 7) is 3.37. The summed E-state index contributed by atoms with van der Waals surface area (Å²) in [4.78, 5) is -0.0641. The fourth-order valence-electron chi connectivity index (χ4n) is 3.18. The maximum atomic E-state index is 13.1. The van der Waals surface area contributed by atoms with Crippen LogP contribution in [0.4, 0.5) is 32.0 Å². The minimum absolute atomic E-state index is 0.0641. The Balaban J connectivity index is 2.41. The Kier molecular flexibility index (Phi) is 7.55. The van der Waals surface area contributed by atoms with Gasteiger partial charge in [-0.25, -0.2) is 8.42 Å². The van der Waals surface area contributed by atoms with Gasteiger partial charge in [0.2, 0.25) is 0 Å². The van der Waals surface area contributed by atoms with Gasteiger partial charge in [-0.1, -0.05) is 37.6 Å². The quantitative estimate of drug-likeness (QED) is 0.501. The van der Waals surface area contributed by atoms with Gasteiger partial charge in [0, 0.05) is 12.1 Å². The fourth-order valence-corrected chi connectivity index (χ4v) is 4.66. The second kappa shape index (κ2) is 9.30. The van der Waals surface area contributed by atoms with E-state index in [0.717, 1.165) is 41.3 Å². The minimum Gasteiger partial charge on any atom is -0.369 e. The van der Waals surface area contributed by atoms with E-state index in [9.17, 15) is 39.9 Å². The summed E-state index contributed by atoms with van der Waals surface area (Å²) in [6.07, 6.45) is -9.37. The fraction of sp³-hybridized carbons (Fsp3) is 0.429. The number of benzene rings is 2. The van der Waals surface area contributed by atoms with Crippen LogP contribution in [0.25, 0.3) is 0 Å². The number of alkyl halides is 6. The van der Waals surface area contributed by atoms with Crippen LogP contribution in [0.3, 0.4) is 0 Å². The maximum Gasteiger partial charge on any atom is 0.430 e. The maximum absolute atomic E-state index is 13.1. The van der Waals surface area contributed by atoms with E-state index >= 15 is 0 Å². The number of unbranched alkanes of at least 4 members (excludes halogenated alkanes) is 1. The molecule has 1 N–H and O–H groups in total. The van der Waals surface area contributed by atoms with Crippen molar-refractivity contribution < 1.29 is 39.9 Å². The highest BCUT2D eigenvalue weighted by atomic mass is 32.2. The second-order valence-electron chi connectivity index (χ2n) is 7.17. The lowest BCUT2D eigenvalue weighted by atomic mass is 9.92. The normalized spacial score (nSPS) is 13.3. The highest BCUT2D eigenvalue weighted by Gasteiger charge is 2.71. The van der Waals surface area contributed by atoms with Crippen LogP contribution in [0.1, 0.15) is 37.8 Å². The average molecular weight is 483 g/mol. The molecule has 0 aliphatic rings. The third-order valence-corrected chi connectivity index (χ3v) is 6.93. The van der Waals surface area contributed by atoms with E-state index in [1.165, 1.54) is 19.1 Å². The predicted molar refractivity (Wildman–Crippen MR) is 108 cm³/mol. The molecule has 0 bridgehead atoms. The van der Waals surface area contributed by atoms with Crippen LogP contribution >= 0.6 is 0 Å². The lowest BCUT2D eigenvalue weighted by Gasteiger charge is -2.33. The van der Waals surface area contributed by atoms with Crippen molar-refractivity contribution in [2.24, 2.45) is 0 Å². The summed E-state index contributed by atoms with van der Waals surface area (Å²) in [5.41, 5.74) is -5.74. The molecule has 0 fully saturated rings. The Labute approximate surface area is 182 Å². The average Bonchev–Trinajstić information content (AvgIpc) is 2.71. The topological polar surface area (TPSA) is 57.6 Å². The van der Waals surface area contributed by atoms with Gasteiger partial charge < -0.3 is 5.11 Å². The summed E-state index contributed by atoms with van der Waals surface area (Å²) in [5.74, 6) is 0. The van der Waals surface area contributed by atoms with Gasteiger partial charge in [0.05, 0.1) is 10.6 Å². The Bertz CT molecular complexity index is 986. The van der Waals surface area contributed by atoms with E-state index in [2.05, 4.69) is 0 Å². The Hall–Kier alpha value is -2.27. The molecule has 0 radical (unpaired) electrons. The first kappa shape index (κ1) is 26.0. The zero-order valence-corrected chi connectivity index (χ0v) is 18.2. The molecule has 0 amide bonds. The Morgan fingerprint density at radius 3 is 1.75 bits per heavy atom. The standard InChI is InChI=1S/C21H23F6NO3S/c1-3-5-6-15-7-13-18(14-8-15)32(30,31)28(4-2)17-11-9-16(10-12-17)19(29,20(22,23)24)21(25,26)27/h7-14,29H,3-6H2,1-2H3. The molecule has 2 rings (SSSR count). The monoisotopic (exact) mass is 483 g/mol. The second-order valence-corrected chi connectivity index (χ2v) is 9.03. The van der Waals surface area contributed by atoms with Gasteiger partial charge in [0.1, 0.15) is 0 Å². The molecule has 0 saturated carbocycles. The molecule has 0 saturated heterocycles. The molecule has 32 heavy (non-hydrogen) atoms. The molecule has 4 nitrogen and oxygen atoms in total. The van der Waals surface area contributed by atoms with Crippen LogP contribution in [0.5, 0.6) is 0 Å². The van der Waals surface area contributed by atoms with E-state index < -0.39 is 33.5 Å². The molecule has 0 aliphatic carbocycles. The minimum atomic E-state index is -6.02. The molecule has 0 unspecified atom stereocenters. The van der Waals surface area contributed by atoms with Crippen LogP contribution in [0, 0.1) is 0 Å². The summed E-state index contributed by atoms with van der Waals surface area (Å²) >= 11 is 0. The van der Waals surface area contributed by atoms with Crippen molar-refractivity contribution in [3.05, 3.63) is 59.7 Å². The molecule has 0 atom stereocenters. The summed E-state index contributed by atoms with van der Waals surface area (Å²) < 4.78 is 105. The zero-order valence-electron chi connectivity index (χ0n) is 17.3. The molecular weight excluding hydrogens is 460 g/mol. The van der Waals surface area contributed by atoms with Crippen molar-refractivity contribution in [3.8, 4) is 0 Å². The van der Waals surface area contributed by atoms with E-state index in [1.54, 1.807) is 12.1 Å². The number of rotatable bonds is 8. The number of nitrogens with zero attached hydrogens (tertiary/aromatic N) is 1. The van der Waals surface area contributed by atoms with Crippen molar-refractivity contribution in [1.82, 2.24) is 0 Å². The van der Waals surface area contributed by atoms with Crippen LogP contribution in [-0.4, -0.2) is 32.4 Å². The van der Waals surface area contributed by atoms with E-state index in [1.807, 2.05) is 6.92 Å². The van der Waals surface area contributed by atoms with E-state index in [0.29, 0.717) is 12.1 Å². The number of halogens is 6. The third-order valence-electron chi connectivity index (χ3n) is 5.01. The molecule has 2 aromatic carbocycles. The number of aryl methyl sites for hydroxylation is 1. The first-order valence-corrected chi connectivity index (χ1v) is 11.2. The predicted octanol–water partition coefficient (Wildman–Crippen LogP) is 5.56. The number of sulfonamides is 1. The highest BCUT2D eigenvalue weighted by molar-refractivity contribution is 7.92. The lowest BCUT2D eigenvalue weighted by Crippen LogP contribution is -2.53. The number of hydrogen-bond donors (Lipinski definition) is 1. The molecular formula is C21H23F6NO3S. The highest BCUT2D eigenvalue weighted by Crippen LogP contribution is 2.50. The summed E-state index contributed by atoms with van der Waals surface area (Å²) in [5, 5.41) is 9.49. The number of anilines is 1. The SMILES string of the molecule is CCCCc1ccc(S(=O)(=O)N(CC)c2ccc(C(O)(C(F)(F)F)C(F)(F)F)cc2)cc1. The molecule has 0 heterocycles. The lowest BCUT2D eigenvalue weighted by molar-refractivity contribution is -0.376. The van der Waals surface area contributed by atoms with Crippen molar-refractivity contribution in [3.63, 3.8) is 0 Å². The Morgan fingerprint density at radius 2 is 1.34 bits per heavy atom. The smallest absolute Gasteiger partial charge is 0.369 e. The zero-order chi connectivity index (χ0) is 24.4. The first-order chi connectivity index (χ1) is 14.7. The van der Waals surface area contributed by atoms with Crippen LogP contribution in [0.2, 0.25) is 0 Å². The van der Waals surface area contributed by atoms with Crippen molar-refractivity contribution in [2.75, 3.05) is 10.8 Å². The van der Waals surface area contributed by atoms with Gasteiger partial charge in [-0.2, -0.15) is 26.3 Å². The summed E-state index contributed by atoms with van der Waals surface area (Å²) in [7, 11) is -4.12. The number of hydrogen-bond acceptors (Lipinski definition) is 3. The van der Waals surface area contributed by atoms with Gasteiger partial charge in [-0.05, 0) is 49.6 Å². The van der Waals surface area contributed by atoms with Crippen molar-refractivity contribution in [2.45, 2.75) is 56.0 Å².